The van der Waals surface area contributed by atoms with Crippen LogP contribution in [0.4, 0.5) is 17.1 Å². The molecular weight excluding hydrogens is 787 g/mol. The molecule has 2 aliphatic carbocycles. The normalized spacial score (nSPS) is 16.4. The summed E-state index contributed by atoms with van der Waals surface area (Å²) in [5.41, 5.74) is 17.2. The standard InChI is InChI=1S/C63H45NO/c1-63(2)58-23-9-7-18-54(58)55-22-12-20-51(62(55)63)42-27-33-47(34-28-42)64(46-31-25-41(26-32-46)49-19-11-21-52-48-16-6-5-13-40(48)29-35-53(49)52)59-24-10-8-17-50(59)45-30-36-60-56(38-45)57-37-43-14-3-4-15-44(43)39-61(57)65-60/h3-39,56,60H,1-2H3. The van der Waals surface area contributed by atoms with Crippen molar-refractivity contribution in [3.05, 3.63) is 247 Å². The molecule has 10 aromatic carbocycles. The van der Waals surface area contributed by atoms with Gasteiger partial charge < -0.3 is 9.64 Å². The zero-order chi connectivity index (χ0) is 43.2. The van der Waals surface area contributed by atoms with Crippen molar-refractivity contribution >= 4 is 55.0 Å². The summed E-state index contributed by atoms with van der Waals surface area (Å²) < 4.78 is 6.58. The van der Waals surface area contributed by atoms with Gasteiger partial charge in [-0.1, -0.05) is 190 Å². The van der Waals surface area contributed by atoms with Gasteiger partial charge in [0, 0.05) is 33.8 Å². The Bertz CT molecular complexity index is 3610. The Morgan fingerprint density at radius 3 is 1.86 bits per heavy atom. The topological polar surface area (TPSA) is 12.5 Å². The van der Waals surface area contributed by atoms with E-state index in [-0.39, 0.29) is 17.4 Å². The first kappa shape index (κ1) is 37.6. The van der Waals surface area contributed by atoms with E-state index in [1.54, 1.807) is 0 Å². The van der Waals surface area contributed by atoms with Gasteiger partial charge in [0.05, 0.1) is 5.69 Å². The summed E-state index contributed by atoms with van der Waals surface area (Å²) in [5, 5.41) is 7.52. The van der Waals surface area contributed by atoms with Crippen molar-refractivity contribution in [2.24, 2.45) is 0 Å². The Morgan fingerprint density at radius 2 is 1.06 bits per heavy atom. The number of rotatable bonds is 6. The Kier molecular flexibility index (Phi) is 8.42. The second-order valence-corrected chi connectivity index (χ2v) is 18.4. The fraction of sp³-hybridized carbons (Fsp3) is 0.0794. The van der Waals surface area contributed by atoms with Crippen LogP contribution in [0.15, 0.2) is 224 Å². The van der Waals surface area contributed by atoms with E-state index >= 15 is 0 Å². The van der Waals surface area contributed by atoms with Gasteiger partial charge in [0.25, 0.3) is 0 Å². The van der Waals surface area contributed by atoms with E-state index in [0.29, 0.717) is 0 Å². The lowest BCUT2D eigenvalue weighted by Crippen LogP contribution is -2.18. The van der Waals surface area contributed by atoms with Crippen LogP contribution in [-0.2, 0) is 5.41 Å². The van der Waals surface area contributed by atoms with E-state index in [0.717, 1.165) is 22.8 Å². The Labute approximate surface area is 380 Å². The number of hydrogen-bond acceptors (Lipinski definition) is 2. The van der Waals surface area contributed by atoms with Crippen LogP contribution in [-0.4, -0.2) is 6.10 Å². The van der Waals surface area contributed by atoms with Gasteiger partial charge in [-0.25, -0.2) is 0 Å². The van der Waals surface area contributed by atoms with Crippen molar-refractivity contribution < 1.29 is 4.74 Å². The van der Waals surface area contributed by atoms with Crippen molar-refractivity contribution in [2.75, 3.05) is 4.90 Å². The molecule has 0 amide bonds. The van der Waals surface area contributed by atoms with Crippen molar-refractivity contribution in [3.63, 3.8) is 0 Å². The van der Waals surface area contributed by atoms with Crippen LogP contribution >= 0.6 is 0 Å². The minimum Gasteiger partial charge on any atom is -0.485 e. The number of hydrogen-bond donors (Lipinski definition) is 0. The first-order valence-corrected chi connectivity index (χ1v) is 22.8. The summed E-state index contributed by atoms with van der Waals surface area (Å²) in [6.07, 6.45) is 6.91. The molecule has 0 fully saturated rings. The van der Waals surface area contributed by atoms with Gasteiger partial charge in [0.15, 0.2) is 0 Å². The average Bonchev–Trinajstić information content (AvgIpc) is 3.83. The molecule has 0 radical (unpaired) electrons. The molecule has 0 N–H and O–H groups in total. The first-order chi connectivity index (χ1) is 32.0. The largest absolute Gasteiger partial charge is 0.485 e. The number of allylic oxidation sites excluding steroid dienone is 2. The zero-order valence-corrected chi connectivity index (χ0v) is 36.4. The Balaban J connectivity index is 0.932. The lowest BCUT2D eigenvalue weighted by atomic mass is 9.79. The van der Waals surface area contributed by atoms with Crippen LogP contribution in [0, 0.1) is 0 Å². The number of nitrogens with zero attached hydrogens (tertiary/aromatic N) is 1. The monoisotopic (exact) mass is 831 g/mol. The molecule has 2 unspecified atom stereocenters. The quantitative estimate of drug-likeness (QED) is 0.155. The SMILES string of the molecule is CC1(C)c2ccccc2-c2cccc(-c3ccc(N(c4ccc(-c5cccc6c5ccc5ccccc56)cc4)c4ccccc4C4=CC5c6cc7ccccc7cc6OC5C=C4)cc3)c21. The molecule has 10 aromatic rings. The maximum atomic E-state index is 6.58. The number of para-hydroxylation sites is 1. The molecule has 2 atom stereocenters. The minimum atomic E-state index is -0.108. The number of benzene rings is 10. The molecule has 308 valence electrons. The third-order valence-electron chi connectivity index (χ3n) is 14.4. The van der Waals surface area contributed by atoms with Crippen LogP contribution in [0.3, 0.4) is 0 Å². The highest BCUT2D eigenvalue weighted by Gasteiger charge is 2.38. The maximum Gasteiger partial charge on any atom is 0.128 e. The fourth-order valence-electron chi connectivity index (χ4n) is 11.3. The molecule has 13 rings (SSSR count). The van der Waals surface area contributed by atoms with Crippen LogP contribution in [0.5, 0.6) is 5.75 Å². The third kappa shape index (κ3) is 5.94. The van der Waals surface area contributed by atoms with Gasteiger partial charge in [0.1, 0.15) is 11.9 Å². The van der Waals surface area contributed by atoms with E-state index in [1.165, 1.54) is 93.5 Å². The van der Waals surface area contributed by atoms with E-state index in [2.05, 4.69) is 243 Å². The smallest absolute Gasteiger partial charge is 0.128 e. The molecule has 2 nitrogen and oxygen atoms in total. The summed E-state index contributed by atoms with van der Waals surface area (Å²) >= 11 is 0. The molecule has 3 aliphatic rings. The highest BCUT2D eigenvalue weighted by molar-refractivity contribution is 6.12. The van der Waals surface area contributed by atoms with E-state index in [1.807, 2.05) is 0 Å². The molecule has 0 spiro atoms. The molecule has 0 saturated carbocycles. The van der Waals surface area contributed by atoms with Crippen molar-refractivity contribution in [1.29, 1.82) is 0 Å². The van der Waals surface area contributed by atoms with Gasteiger partial charge >= 0.3 is 0 Å². The number of anilines is 3. The zero-order valence-electron chi connectivity index (χ0n) is 36.4. The average molecular weight is 832 g/mol. The second-order valence-electron chi connectivity index (χ2n) is 18.4. The van der Waals surface area contributed by atoms with Gasteiger partial charge in [-0.05, 0) is 131 Å². The summed E-state index contributed by atoms with van der Waals surface area (Å²) in [7, 11) is 0. The van der Waals surface area contributed by atoms with Crippen LogP contribution in [0.1, 0.15) is 42.0 Å². The van der Waals surface area contributed by atoms with Crippen LogP contribution < -0.4 is 9.64 Å². The molecular formula is C63H45NO. The summed E-state index contributed by atoms with van der Waals surface area (Å²) in [6, 6.07) is 75.9. The summed E-state index contributed by atoms with van der Waals surface area (Å²) in [5.74, 6) is 1.10. The molecule has 65 heavy (non-hydrogen) atoms. The highest BCUT2D eigenvalue weighted by atomic mass is 16.5. The molecule has 0 aromatic heterocycles. The maximum absolute atomic E-state index is 6.58. The Morgan fingerprint density at radius 1 is 0.462 bits per heavy atom. The first-order valence-electron chi connectivity index (χ1n) is 22.8. The van der Waals surface area contributed by atoms with Gasteiger partial charge in [0.2, 0.25) is 0 Å². The predicted octanol–water partition coefficient (Wildman–Crippen LogP) is 16.8. The van der Waals surface area contributed by atoms with Crippen molar-refractivity contribution in [1.82, 2.24) is 0 Å². The summed E-state index contributed by atoms with van der Waals surface area (Å²) in [6.45, 7) is 4.74. The lowest BCUT2D eigenvalue weighted by Gasteiger charge is -2.29. The van der Waals surface area contributed by atoms with Gasteiger partial charge in [-0.15, -0.1) is 0 Å². The second kappa shape index (κ2) is 14.6. The number of ether oxygens (including phenoxy) is 1. The number of fused-ring (bicyclic) bond motifs is 10. The molecule has 0 bridgehead atoms. The molecule has 2 heteroatoms. The molecule has 0 saturated heterocycles. The Hall–Kier alpha value is -7.94. The van der Waals surface area contributed by atoms with E-state index in [4.69, 9.17) is 4.74 Å². The summed E-state index contributed by atoms with van der Waals surface area (Å²) in [4.78, 5) is 2.43. The van der Waals surface area contributed by atoms with E-state index < -0.39 is 0 Å². The molecule has 1 aliphatic heterocycles. The van der Waals surface area contributed by atoms with Gasteiger partial charge in [-0.3, -0.25) is 0 Å². The third-order valence-corrected chi connectivity index (χ3v) is 14.4. The van der Waals surface area contributed by atoms with Crippen LogP contribution in [0.25, 0.3) is 71.3 Å². The van der Waals surface area contributed by atoms with Crippen LogP contribution in [0.2, 0.25) is 0 Å². The highest BCUT2D eigenvalue weighted by Crippen LogP contribution is 2.53. The van der Waals surface area contributed by atoms with Crippen molar-refractivity contribution in [3.8, 4) is 39.1 Å². The van der Waals surface area contributed by atoms with E-state index in [9.17, 15) is 0 Å². The van der Waals surface area contributed by atoms with Gasteiger partial charge in [-0.2, -0.15) is 0 Å². The minimum absolute atomic E-state index is 0.0295. The lowest BCUT2D eigenvalue weighted by molar-refractivity contribution is 0.269. The fourth-order valence-corrected chi connectivity index (χ4v) is 11.3. The predicted molar refractivity (Wildman–Crippen MR) is 273 cm³/mol. The van der Waals surface area contributed by atoms with Crippen molar-refractivity contribution in [2.45, 2.75) is 31.3 Å². The molecule has 1 heterocycles.